The van der Waals surface area contributed by atoms with Gasteiger partial charge in [0.15, 0.2) is 0 Å². The van der Waals surface area contributed by atoms with Crippen molar-refractivity contribution in [1.29, 1.82) is 0 Å². The van der Waals surface area contributed by atoms with Crippen molar-refractivity contribution < 1.29 is 9.84 Å². The molecule has 0 aliphatic heterocycles. The summed E-state index contributed by atoms with van der Waals surface area (Å²) in [6.45, 7) is 5.60. The number of aromatic amines is 1. The quantitative estimate of drug-likeness (QED) is 0.436. The van der Waals surface area contributed by atoms with Crippen molar-refractivity contribution in [3.63, 3.8) is 0 Å². The summed E-state index contributed by atoms with van der Waals surface area (Å²) in [6.07, 6.45) is 7.17. The Morgan fingerprint density at radius 3 is 2.38 bits per heavy atom. The van der Waals surface area contributed by atoms with Gasteiger partial charge in [-0.3, -0.25) is 4.79 Å². The molecular weight excluding hydrogens is 424 g/mol. The molecule has 0 unspecified atom stereocenters. The molecule has 180 valence electrons. The maximum atomic E-state index is 12.0. The molecule has 1 aromatic heterocycles. The van der Waals surface area contributed by atoms with Crippen molar-refractivity contribution in [3.8, 4) is 5.75 Å². The molecule has 0 spiro atoms. The van der Waals surface area contributed by atoms with Crippen LogP contribution in [0.3, 0.4) is 0 Å². The number of pyridine rings is 1. The van der Waals surface area contributed by atoms with Crippen molar-refractivity contribution in [3.05, 3.63) is 74.6 Å². The molecule has 0 bridgehead atoms. The molecule has 0 saturated heterocycles. The van der Waals surface area contributed by atoms with E-state index >= 15 is 0 Å². The Balaban J connectivity index is 1.29. The van der Waals surface area contributed by atoms with Crippen LogP contribution in [0, 0.1) is 5.92 Å². The minimum Gasteiger partial charge on any atom is -0.491 e. The number of nitrogens with one attached hydrogen (secondary N) is 2. The third kappa shape index (κ3) is 4.64. The first kappa shape index (κ1) is 23.1. The highest BCUT2D eigenvalue weighted by Gasteiger charge is 2.24. The largest absolute Gasteiger partial charge is 0.491 e. The molecule has 2 aliphatic carbocycles. The fourth-order valence-corrected chi connectivity index (χ4v) is 5.49. The minimum absolute atomic E-state index is 0.160. The van der Waals surface area contributed by atoms with E-state index in [4.69, 9.17) is 4.74 Å². The molecule has 5 nitrogen and oxygen atoms in total. The van der Waals surface area contributed by atoms with E-state index in [1.54, 1.807) is 6.07 Å². The average molecular weight is 461 g/mol. The Bertz CT molecular complexity index is 1200. The first-order chi connectivity index (χ1) is 16.6. The Morgan fingerprint density at radius 1 is 1.06 bits per heavy atom. The number of fused-ring (bicyclic) bond motifs is 2. The maximum absolute atomic E-state index is 12.0. The van der Waals surface area contributed by atoms with Gasteiger partial charge < -0.3 is 20.1 Å². The molecule has 1 atom stereocenters. The Hall–Kier alpha value is -2.63. The second kappa shape index (κ2) is 9.93. The van der Waals surface area contributed by atoms with Gasteiger partial charge in [-0.2, -0.15) is 0 Å². The topological polar surface area (TPSA) is 74.3 Å². The predicted octanol–water partition coefficient (Wildman–Crippen LogP) is 4.62. The molecule has 34 heavy (non-hydrogen) atoms. The van der Waals surface area contributed by atoms with Crippen molar-refractivity contribution in [2.45, 2.75) is 70.9 Å². The summed E-state index contributed by atoms with van der Waals surface area (Å²) in [5.74, 6) is 1.30. The number of hydrogen-bond donors (Lipinski definition) is 3. The molecule has 3 N–H and O–H groups in total. The monoisotopic (exact) mass is 460 g/mol. The van der Waals surface area contributed by atoms with Gasteiger partial charge in [-0.1, -0.05) is 38.5 Å². The summed E-state index contributed by atoms with van der Waals surface area (Å²) in [5, 5.41) is 15.5. The first-order valence-corrected chi connectivity index (χ1v) is 12.9. The third-order valence-corrected chi connectivity index (χ3v) is 7.77. The van der Waals surface area contributed by atoms with Gasteiger partial charge in [-0.15, -0.1) is 0 Å². The van der Waals surface area contributed by atoms with Crippen molar-refractivity contribution in [1.82, 2.24) is 10.3 Å². The molecule has 2 aromatic carbocycles. The van der Waals surface area contributed by atoms with E-state index in [0.717, 1.165) is 36.6 Å². The number of benzene rings is 2. The van der Waals surface area contributed by atoms with Crippen LogP contribution < -0.4 is 15.6 Å². The standard InChI is InChI=1S/C29H36N2O3/c1-3-19-12-21-14-23(15-22(21)13-20(19)4-2)30-16-26(32)24-8-10-27(34-17-18-6-5-7-18)29-25(24)9-11-28(33)31-29/h8-13,18,23,26,30,32H,3-7,14-17H2,1-2H3,(H,31,33)/t26-/m1/s1. The van der Waals surface area contributed by atoms with Crippen LogP contribution in [0.2, 0.25) is 0 Å². The number of aryl methyl sites for hydroxylation is 2. The summed E-state index contributed by atoms with van der Waals surface area (Å²) >= 11 is 0. The van der Waals surface area contributed by atoms with Crippen LogP contribution in [0.1, 0.15) is 67.0 Å². The SMILES string of the molecule is CCc1cc2c(cc1CC)CC(NC[C@@H](O)c1ccc(OCC3CCC3)c3[nH]c(=O)ccc13)C2. The zero-order chi connectivity index (χ0) is 23.7. The highest BCUT2D eigenvalue weighted by Crippen LogP contribution is 2.33. The highest BCUT2D eigenvalue weighted by molar-refractivity contribution is 5.87. The molecule has 5 heteroatoms. The van der Waals surface area contributed by atoms with E-state index < -0.39 is 6.10 Å². The lowest BCUT2D eigenvalue weighted by molar-refractivity contribution is 0.171. The van der Waals surface area contributed by atoms with Gasteiger partial charge in [0.25, 0.3) is 0 Å². The van der Waals surface area contributed by atoms with Gasteiger partial charge in [-0.25, -0.2) is 0 Å². The van der Waals surface area contributed by atoms with Crippen LogP contribution in [0.15, 0.2) is 41.2 Å². The van der Waals surface area contributed by atoms with Crippen LogP contribution in [0.5, 0.6) is 5.75 Å². The number of ether oxygens (including phenoxy) is 1. The van der Waals surface area contributed by atoms with Crippen LogP contribution in [-0.2, 0) is 25.7 Å². The lowest BCUT2D eigenvalue weighted by Crippen LogP contribution is -2.33. The van der Waals surface area contributed by atoms with Gasteiger partial charge in [0.05, 0.1) is 18.2 Å². The molecule has 0 radical (unpaired) electrons. The van der Waals surface area contributed by atoms with E-state index in [2.05, 4.69) is 36.3 Å². The van der Waals surface area contributed by atoms with Gasteiger partial charge in [0, 0.05) is 24.0 Å². The zero-order valence-corrected chi connectivity index (χ0v) is 20.3. The van der Waals surface area contributed by atoms with Gasteiger partial charge in [0.1, 0.15) is 5.75 Å². The number of rotatable bonds is 9. The number of H-pyrrole nitrogens is 1. The summed E-state index contributed by atoms with van der Waals surface area (Å²) < 4.78 is 6.06. The molecule has 0 amide bonds. The van der Waals surface area contributed by atoms with E-state index in [0.29, 0.717) is 36.4 Å². The second-order valence-corrected chi connectivity index (χ2v) is 10.00. The Labute approximate surface area is 201 Å². The minimum atomic E-state index is -0.671. The van der Waals surface area contributed by atoms with Gasteiger partial charge >= 0.3 is 0 Å². The summed E-state index contributed by atoms with van der Waals surface area (Å²) in [6, 6.07) is 12.3. The van der Waals surface area contributed by atoms with Crippen molar-refractivity contribution in [2.24, 2.45) is 5.92 Å². The summed E-state index contributed by atoms with van der Waals surface area (Å²) in [7, 11) is 0. The molecule has 5 rings (SSSR count). The van der Waals surface area contributed by atoms with Crippen LogP contribution in [0.25, 0.3) is 10.9 Å². The van der Waals surface area contributed by atoms with Crippen LogP contribution >= 0.6 is 0 Å². The normalized spacial score (nSPS) is 17.0. The number of aliphatic hydroxyl groups is 1. The number of aromatic nitrogens is 1. The van der Waals surface area contributed by atoms with E-state index in [9.17, 15) is 9.90 Å². The number of hydrogen-bond acceptors (Lipinski definition) is 4. The zero-order valence-electron chi connectivity index (χ0n) is 20.3. The lowest BCUT2D eigenvalue weighted by Gasteiger charge is -2.25. The third-order valence-electron chi connectivity index (χ3n) is 7.77. The van der Waals surface area contributed by atoms with Crippen LogP contribution in [-0.4, -0.2) is 29.3 Å². The van der Waals surface area contributed by atoms with Gasteiger partial charge in [-0.05, 0) is 84.4 Å². The predicted molar refractivity (Wildman–Crippen MR) is 137 cm³/mol. The molecule has 1 heterocycles. The maximum Gasteiger partial charge on any atom is 0.248 e. The smallest absolute Gasteiger partial charge is 0.248 e. The first-order valence-electron chi connectivity index (χ1n) is 12.9. The summed E-state index contributed by atoms with van der Waals surface area (Å²) in [4.78, 5) is 15.0. The molecule has 1 saturated carbocycles. The van der Waals surface area contributed by atoms with Crippen molar-refractivity contribution in [2.75, 3.05) is 13.2 Å². The van der Waals surface area contributed by atoms with E-state index in [-0.39, 0.29) is 5.56 Å². The molecule has 3 aromatic rings. The highest BCUT2D eigenvalue weighted by atomic mass is 16.5. The summed E-state index contributed by atoms with van der Waals surface area (Å²) in [5.41, 5.74) is 7.13. The van der Waals surface area contributed by atoms with Crippen LogP contribution in [0.4, 0.5) is 0 Å². The molecule has 1 fully saturated rings. The Morgan fingerprint density at radius 2 is 1.76 bits per heavy atom. The average Bonchev–Trinajstić information content (AvgIpc) is 3.22. The number of aliphatic hydroxyl groups excluding tert-OH is 1. The van der Waals surface area contributed by atoms with Gasteiger partial charge in [0.2, 0.25) is 5.56 Å². The van der Waals surface area contributed by atoms with E-state index in [1.807, 2.05) is 12.1 Å². The van der Waals surface area contributed by atoms with E-state index in [1.165, 1.54) is 47.6 Å². The fourth-order valence-electron chi connectivity index (χ4n) is 5.49. The molecular formula is C29H36N2O3. The van der Waals surface area contributed by atoms with Crippen molar-refractivity contribution >= 4 is 10.9 Å². The molecule has 2 aliphatic rings. The Kier molecular flexibility index (Phi) is 6.75. The second-order valence-electron chi connectivity index (χ2n) is 10.00. The fraction of sp³-hybridized carbons (Fsp3) is 0.483. The lowest BCUT2D eigenvalue weighted by atomic mass is 9.86.